The minimum Gasteiger partial charge on any atom is -0.379 e. The van der Waals surface area contributed by atoms with Crippen LogP contribution in [0.15, 0.2) is 24.3 Å². The van der Waals surface area contributed by atoms with Crippen LogP contribution in [0, 0.1) is 12.3 Å². The van der Waals surface area contributed by atoms with Crippen LogP contribution in [0.1, 0.15) is 18.1 Å². The zero-order valence-corrected chi connectivity index (χ0v) is 10.9. The molecule has 1 fully saturated rings. The van der Waals surface area contributed by atoms with Crippen molar-refractivity contribution in [3.05, 3.63) is 35.4 Å². The molecule has 0 aliphatic carbocycles. The minimum absolute atomic E-state index is 0.0333. The normalized spacial score (nSPS) is 27.2. The van der Waals surface area contributed by atoms with Crippen molar-refractivity contribution in [2.75, 3.05) is 13.2 Å². The van der Waals surface area contributed by atoms with E-state index in [1.165, 1.54) is 5.56 Å². The summed E-state index contributed by atoms with van der Waals surface area (Å²) < 4.78 is 5.28. The second-order valence-corrected chi connectivity index (χ2v) is 5.21. The standard InChI is InChI=1S/C14H20N2O2/c1-10-4-3-5-11(6-10)7-16-13(17)14(2)9-18-8-12(14)15/h3-6,12H,7-9,15H2,1-2H3,(H,16,17). The molecule has 1 aromatic carbocycles. The molecule has 2 atom stereocenters. The Morgan fingerprint density at radius 3 is 3.00 bits per heavy atom. The predicted octanol–water partition coefficient (Wildman–Crippen LogP) is 0.975. The number of hydrogen-bond acceptors (Lipinski definition) is 3. The SMILES string of the molecule is Cc1cccc(CNC(=O)C2(C)COCC2N)c1. The number of hydrogen-bond donors (Lipinski definition) is 2. The molecule has 0 spiro atoms. The van der Waals surface area contributed by atoms with Crippen molar-refractivity contribution in [1.82, 2.24) is 5.32 Å². The van der Waals surface area contributed by atoms with Gasteiger partial charge in [-0.3, -0.25) is 4.79 Å². The molecule has 0 radical (unpaired) electrons. The van der Waals surface area contributed by atoms with E-state index in [9.17, 15) is 4.79 Å². The van der Waals surface area contributed by atoms with E-state index in [1.54, 1.807) is 0 Å². The third-order valence-corrected chi connectivity index (χ3v) is 3.57. The summed E-state index contributed by atoms with van der Waals surface area (Å²) in [6.45, 7) is 5.27. The molecule has 98 valence electrons. The Morgan fingerprint density at radius 1 is 1.61 bits per heavy atom. The summed E-state index contributed by atoms with van der Waals surface area (Å²) in [5.41, 5.74) is 7.60. The number of amides is 1. The van der Waals surface area contributed by atoms with Gasteiger partial charge < -0.3 is 15.8 Å². The second kappa shape index (κ2) is 5.08. The molecule has 1 saturated heterocycles. The second-order valence-electron chi connectivity index (χ2n) is 5.21. The smallest absolute Gasteiger partial charge is 0.230 e. The summed E-state index contributed by atoms with van der Waals surface area (Å²) in [6, 6.07) is 7.86. The molecule has 2 unspecified atom stereocenters. The van der Waals surface area contributed by atoms with Crippen LogP contribution >= 0.6 is 0 Å². The number of ether oxygens (including phenoxy) is 1. The summed E-state index contributed by atoms with van der Waals surface area (Å²) in [5, 5.41) is 2.94. The quantitative estimate of drug-likeness (QED) is 0.838. The van der Waals surface area contributed by atoms with Crippen molar-refractivity contribution in [3.8, 4) is 0 Å². The van der Waals surface area contributed by atoms with Crippen molar-refractivity contribution in [1.29, 1.82) is 0 Å². The van der Waals surface area contributed by atoms with Gasteiger partial charge in [0.25, 0.3) is 0 Å². The highest BCUT2D eigenvalue weighted by Crippen LogP contribution is 2.27. The van der Waals surface area contributed by atoms with Crippen molar-refractivity contribution >= 4 is 5.91 Å². The molecule has 4 heteroatoms. The minimum atomic E-state index is -0.607. The van der Waals surface area contributed by atoms with Crippen LogP contribution in [0.2, 0.25) is 0 Å². The molecule has 1 aromatic rings. The van der Waals surface area contributed by atoms with Crippen LogP contribution in [0.5, 0.6) is 0 Å². The summed E-state index contributed by atoms with van der Waals surface area (Å²) in [6.07, 6.45) is 0. The van der Waals surface area contributed by atoms with E-state index >= 15 is 0 Å². The van der Waals surface area contributed by atoms with Crippen molar-refractivity contribution in [3.63, 3.8) is 0 Å². The lowest BCUT2D eigenvalue weighted by Crippen LogP contribution is -2.49. The summed E-state index contributed by atoms with van der Waals surface area (Å²) in [7, 11) is 0. The van der Waals surface area contributed by atoms with Gasteiger partial charge in [0.15, 0.2) is 0 Å². The van der Waals surface area contributed by atoms with Crippen LogP contribution < -0.4 is 11.1 Å². The van der Waals surface area contributed by atoms with Crippen LogP contribution in [0.4, 0.5) is 0 Å². The molecule has 3 N–H and O–H groups in total. The Labute approximate surface area is 108 Å². The van der Waals surface area contributed by atoms with Crippen LogP contribution in [-0.4, -0.2) is 25.2 Å². The topological polar surface area (TPSA) is 64.3 Å². The number of nitrogens with one attached hydrogen (secondary N) is 1. The first-order chi connectivity index (χ1) is 8.52. The molecule has 18 heavy (non-hydrogen) atoms. The Balaban J connectivity index is 1.96. The summed E-state index contributed by atoms with van der Waals surface area (Å²) >= 11 is 0. The number of carbonyl (C=O) groups excluding carboxylic acids is 1. The van der Waals surface area contributed by atoms with Gasteiger partial charge in [0.1, 0.15) is 0 Å². The first kappa shape index (κ1) is 13.1. The van der Waals surface area contributed by atoms with E-state index in [2.05, 4.69) is 11.4 Å². The third kappa shape index (κ3) is 2.54. The molecule has 0 saturated carbocycles. The molecule has 0 bridgehead atoms. The van der Waals surface area contributed by atoms with E-state index in [1.807, 2.05) is 32.0 Å². The summed E-state index contributed by atoms with van der Waals surface area (Å²) in [5.74, 6) is -0.0333. The van der Waals surface area contributed by atoms with Crippen LogP contribution in [-0.2, 0) is 16.1 Å². The molecular formula is C14H20N2O2. The first-order valence-electron chi connectivity index (χ1n) is 6.19. The molecule has 1 aliphatic heterocycles. The molecule has 2 rings (SSSR count). The van der Waals surface area contributed by atoms with Gasteiger partial charge in [-0.25, -0.2) is 0 Å². The van der Waals surface area contributed by atoms with E-state index < -0.39 is 5.41 Å². The Morgan fingerprint density at radius 2 is 2.39 bits per heavy atom. The maximum absolute atomic E-state index is 12.2. The van der Waals surface area contributed by atoms with Gasteiger partial charge in [0.2, 0.25) is 5.91 Å². The largest absolute Gasteiger partial charge is 0.379 e. The number of rotatable bonds is 3. The van der Waals surface area contributed by atoms with E-state index in [0.717, 1.165) is 5.56 Å². The fourth-order valence-corrected chi connectivity index (χ4v) is 2.13. The fraction of sp³-hybridized carbons (Fsp3) is 0.500. The number of benzene rings is 1. The third-order valence-electron chi connectivity index (χ3n) is 3.57. The highest BCUT2D eigenvalue weighted by molar-refractivity contribution is 5.83. The fourth-order valence-electron chi connectivity index (χ4n) is 2.13. The maximum Gasteiger partial charge on any atom is 0.230 e. The summed E-state index contributed by atoms with van der Waals surface area (Å²) in [4.78, 5) is 12.2. The number of carbonyl (C=O) groups is 1. The van der Waals surface area contributed by atoms with E-state index in [4.69, 9.17) is 10.5 Å². The maximum atomic E-state index is 12.2. The molecule has 4 nitrogen and oxygen atoms in total. The van der Waals surface area contributed by atoms with E-state index in [-0.39, 0.29) is 11.9 Å². The van der Waals surface area contributed by atoms with Gasteiger partial charge in [-0.15, -0.1) is 0 Å². The molecule has 1 aliphatic rings. The van der Waals surface area contributed by atoms with Gasteiger partial charge >= 0.3 is 0 Å². The average molecular weight is 248 g/mol. The molecule has 0 aromatic heterocycles. The number of nitrogens with two attached hydrogens (primary N) is 1. The Kier molecular flexibility index (Phi) is 3.68. The van der Waals surface area contributed by atoms with Gasteiger partial charge in [0.05, 0.1) is 18.6 Å². The van der Waals surface area contributed by atoms with Gasteiger partial charge in [0, 0.05) is 12.6 Å². The number of aryl methyl sites for hydroxylation is 1. The zero-order valence-electron chi connectivity index (χ0n) is 10.9. The van der Waals surface area contributed by atoms with Gasteiger partial charge in [-0.1, -0.05) is 29.8 Å². The lowest BCUT2D eigenvalue weighted by molar-refractivity contribution is -0.130. The molecular weight excluding hydrogens is 228 g/mol. The van der Waals surface area contributed by atoms with Crippen molar-refractivity contribution in [2.45, 2.75) is 26.4 Å². The van der Waals surface area contributed by atoms with Crippen molar-refractivity contribution in [2.24, 2.45) is 11.1 Å². The predicted molar refractivity (Wildman–Crippen MR) is 69.9 cm³/mol. The van der Waals surface area contributed by atoms with Crippen LogP contribution in [0.25, 0.3) is 0 Å². The Bertz CT molecular complexity index is 447. The monoisotopic (exact) mass is 248 g/mol. The van der Waals surface area contributed by atoms with E-state index in [0.29, 0.717) is 19.8 Å². The van der Waals surface area contributed by atoms with Gasteiger partial charge in [-0.05, 0) is 19.4 Å². The zero-order chi connectivity index (χ0) is 13.2. The molecule has 1 heterocycles. The highest BCUT2D eigenvalue weighted by atomic mass is 16.5. The lowest BCUT2D eigenvalue weighted by atomic mass is 9.85. The van der Waals surface area contributed by atoms with Crippen molar-refractivity contribution < 1.29 is 9.53 Å². The lowest BCUT2D eigenvalue weighted by Gasteiger charge is -2.25. The first-order valence-corrected chi connectivity index (χ1v) is 6.19. The van der Waals surface area contributed by atoms with Crippen LogP contribution in [0.3, 0.4) is 0 Å². The Hall–Kier alpha value is -1.39. The van der Waals surface area contributed by atoms with Gasteiger partial charge in [-0.2, -0.15) is 0 Å². The molecule has 1 amide bonds. The average Bonchev–Trinajstić information content (AvgIpc) is 2.68. The highest BCUT2D eigenvalue weighted by Gasteiger charge is 2.44.